The number of carboxylic acid groups (broad SMARTS) is 1. The fourth-order valence-electron chi connectivity index (χ4n) is 0.846. The molecule has 0 fully saturated rings. The largest absolute Gasteiger partial charge is 0.478 e. The van der Waals surface area contributed by atoms with Gasteiger partial charge in [0.2, 0.25) is 6.41 Å². The highest BCUT2D eigenvalue weighted by Gasteiger charge is 2.09. The van der Waals surface area contributed by atoms with E-state index in [2.05, 4.69) is 5.32 Å². The molecule has 4 nitrogen and oxygen atoms in total. The number of amides is 1. The Hall–Kier alpha value is -1.91. The Labute approximate surface area is 73.0 Å². The van der Waals surface area contributed by atoms with E-state index in [1.807, 2.05) is 0 Å². The first kappa shape index (κ1) is 9.18. The van der Waals surface area contributed by atoms with Crippen molar-refractivity contribution in [3.8, 4) is 0 Å². The van der Waals surface area contributed by atoms with E-state index >= 15 is 0 Å². The summed E-state index contributed by atoms with van der Waals surface area (Å²) in [6.07, 6.45) is 0.384. The molecule has 0 aliphatic heterocycles. The van der Waals surface area contributed by atoms with Crippen molar-refractivity contribution < 1.29 is 19.1 Å². The van der Waals surface area contributed by atoms with E-state index in [0.717, 1.165) is 12.1 Å². The van der Waals surface area contributed by atoms with Gasteiger partial charge in [-0.05, 0) is 18.2 Å². The summed E-state index contributed by atoms with van der Waals surface area (Å²) in [6.45, 7) is 0. The number of anilines is 1. The van der Waals surface area contributed by atoms with Crippen LogP contribution in [0.5, 0.6) is 0 Å². The first-order valence-electron chi connectivity index (χ1n) is 3.38. The van der Waals surface area contributed by atoms with Gasteiger partial charge in [0.15, 0.2) is 0 Å². The van der Waals surface area contributed by atoms with Crippen molar-refractivity contribution in [3.05, 3.63) is 29.6 Å². The Bertz CT molecular complexity index is 351. The Kier molecular flexibility index (Phi) is 2.59. The zero-order valence-corrected chi connectivity index (χ0v) is 6.45. The molecule has 68 valence electrons. The van der Waals surface area contributed by atoms with Gasteiger partial charge in [-0.15, -0.1) is 0 Å². The summed E-state index contributed by atoms with van der Waals surface area (Å²) < 4.78 is 12.9. The van der Waals surface area contributed by atoms with E-state index in [4.69, 9.17) is 5.11 Å². The minimum atomic E-state index is -1.34. The SMILES string of the molecule is O=CNc1ccc(C(=O)O)c(F)c1. The minimum Gasteiger partial charge on any atom is -0.478 e. The molecule has 0 saturated carbocycles. The first-order chi connectivity index (χ1) is 6.15. The number of rotatable bonds is 3. The second-order valence-electron chi connectivity index (χ2n) is 2.26. The summed E-state index contributed by atoms with van der Waals surface area (Å²) in [4.78, 5) is 20.3. The van der Waals surface area contributed by atoms with Crippen molar-refractivity contribution in [1.29, 1.82) is 0 Å². The van der Waals surface area contributed by atoms with Gasteiger partial charge in [-0.25, -0.2) is 9.18 Å². The quantitative estimate of drug-likeness (QED) is 0.689. The fraction of sp³-hybridized carbons (Fsp3) is 0. The van der Waals surface area contributed by atoms with Gasteiger partial charge in [0.1, 0.15) is 5.82 Å². The third kappa shape index (κ3) is 2.02. The van der Waals surface area contributed by atoms with E-state index in [0.29, 0.717) is 6.41 Å². The number of carbonyl (C=O) groups is 2. The number of hydrogen-bond acceptors (Lipinski definition) is 2. The predicted octanol–water partition coefficient (Wildman–Crippen LogP) is 1.09. The maximum absolute atomic E-state index is 12.9. The van der Waals surface area contributed by atoms with Crippen molar-refractivity contribution in [1.82, 2.24) is 0 Å². The summed E-state index contributed by atoms with van der Waals surface area (Å²) >= 11 is 0. The number of halogens is 1. The first-order valence-corrected chi connectivity index (χ1v) is 3.38. The molecule has 0 saturated heterocycles. The molecule has 0 heterocycles. The second-order valence-corrected chi connectivity index (χ2v) is 2.26. The van der Waals surface area contributed by atoms with Gasteiger partial charge in [-0.2, -0.15) is 0 Å². The normalized spacial score (nSPS) is 9.31. The van der Waals surface area contributed by atoms with Crippen LogP contribution in [0.2, 0.25) is 0 Å². The van der Waals surface area contributed by atoms with Gasteiger partial charge in [0.05, 0.1) is 5.56 Å². The van der Waals surface area contributed by atoms with Crippen LogP contribution >= 0.6 is 0 Å². The standard InChI is InChI=1S/C8H6FNO3/c9-7-3-5(10-4-11)1-2-6(7)8(12)13/h1-4H,(H,10,11)(H,12,13). The topological polar surface area (TPSA) is 66.4 Å². The Morgan fingerprint density at radius 3 is 2.69 bits per heavy atom. The van der Waals surface area contributed by atoms with Gasteiger partial charge < -0.3 is 10.4 Å². The molecule has 0 aliphatic carbocycles. The number of aromatic carboxylic acids is 1. The van der Waals surface area contributed by atoms with Crippen LogP contribution in [0.15, 0.2) is 18.2 Å². The molecule has 0 bridgehead atoms. The van der Waals surface area contributed by atoms with E-state index in [9.17, 15) is 14.0 Å². The molecule has 2 N–H and O–H groups in total. The molecule has 0 spiro atoms. The highest BCUT2D eigenvalue weighted by atomic mass is 19.1. The highest BCUT2D eigenvalue weighted by Crippen LogP contribution is 2.13. The van der Waals surface area contributed by atoms with E-state index < -0.39 is 17.3 Å². The summed E-state index contributed by atoms with van der Waals surface area (Å²) in [5, 5.41) is 10.7. The minimum absolute atomic E-state index is 0.220. The Balaban J connectivity index is 3.05. The molecule has 0 aromatic heterocycles. The van der Waals surface area contributed by atoms with Crippen molar-refractivity contribution in [2.24, 2.45) is 0 Å². The third-order valence-corrected chi connectivity index (χ3v) is 1.43. The maximum atomic E-state index is 12.9. The molecule has 0 aliphatic rings. The lowest BCUT2D eigenvalue weighted by Crippen LogP contribution is -2.02. The third-order valence-electron chi connectivity index (χ3n) is 1.43. The molecule has 13 heavy (non-hydrogen) atoms. The molecular formula is C8H6FNO3. The van der Waals surface area contributed by atoms with Crippen LogP contribution in [0.1, 0.15) is 10.4 Å². The van der Waals surface area contributed by atoms with Crippen LogP contribution in [-0.2, 0) is 4.79 Å². The Morgan fingerprint density at radius 1 is 1.54 bits per heavy atom. The van der Waals surface area contributed by atoms with Gasteiger partial charge in [0.25, 0.3) is 0 Å². The molecule has 5 heteroatoms. The van der Waals surface area contributed by atoms with Crippen LogP contribution in [0.3, 0.4) is 0 Å². The molecule has 1 amide bonds. The highest BCUT2D eigenvalue weighted by molar-refractivity contribution is 5.88. The van der Waals surface area contributed by atoms with Crippen LogP contribution in [-0.4, -0.2) is 17.5 Å². The second kappa shape index (κ2) is 3.66. The summed E-state index contributed by atoms with van der Waals surface area (Å²) in [5.74, 6) is -2.21. The van der Waals surface area contributed by atoms with E-state index in [1.165, 1.54) is 6.07 Å². The summed E-state index contributed by atoms with van der Waals surface area (Å²) in [7, 11) is 0. The molecule has 1 rings (SSSR count). The fourth-order valence-corrected chi connectivity index (χ4v) is 0.846. The smallest absolute Gasteiger partial charge is 0.338 e. The molecule has 0 radical (unpaired) electrons. The zero-order valence-electron chi connectivity index (χ0n) is 6.45. The number of hydrogen-bond donors (Lipinski definition) is 2. The van der Waals surface area contributed by atoms with Crippen LogP contribution in [0.25, 0.3) is 0 Å². The van der Waals surface area contributed by atoms with Gasteiger partial charge in [0, 0.05) is 5.69 Å². The average molecular weight is 183 g/mol. The molecule has 0 atom stereocenters. The lowest BCUT2D eigenvalue weighted by atomic mass is 10.2. The zero-order chi connectivity index (χ0) is 9.84. The monoisotopic (exact) mass is 183 g/mol. The Morgan fingerprint density at radius 2 is 2.23 bits per heavy atom. The lowest BCUT2D eigenvalue weighted by molar-refractivity contribution is -0.105. The van der Waals surface area contributed by atoms with Gasteiger partial charge in [-0.3, -0.25) is 4.79 Å². The van der Waals surface area contributed by atoms with Crippen molar-refractivity contribution in [2.45, 2.75) is 0 Å². The molecule has 0 unspecified atom stereocenters. The number of carbonyl (C=O) groups excluding carboxylic acids is 1. The predicted molar refractivity (Wildman–Crippen MR) is 43.0 cm³/mol. The molecule has 1 aromatic carbocycles. The van der Waals surface area contributed by atoms with E-state index in [-0.39, 0.29) is 5.69 Å². The number of benzene rings is 1. The summed E-state index contributed by atoms with van der Waals surface area (Å²) in [6, 6.07) is 3.34. The van der Waals surface area contributed by atoms with Crippen molar-refractivity contribution in [3.63, 3.8) is 0 Å². The van der Waals surface area contributed by atoms with Crippen molar-refractivity contribution >= 4 is 18.1 Å². The number of nitrogens with one attached hydrogen (secondary N) is 1. The van der Waals surface area contributed by atoms with E-state index in [1.54, 1.807) is 0 Å². The molecule has 1 aromatic rings. The van der Waals surface area contributed by atoms with Crippen LogP contribution in [0.4, 0.5) is 10.1 Å². The van der Waals surface area contributed by atoms with Crippen LogP contribution in [0, 0.1) is 5.82 Å². The molecular weight excluding hydrogens is 177 g/mol. The lowest BCUT2D eigenvalue weighted by Gasteiger charge is -2.00. The maximum Gasteiger partial charge on any atom is 0.338 e. The van der Waals surface area contributed by atoms with Gasteiger partial charge >= 0.3 is 5.97 Å². The number of carboxylic acids is 1. The van der Waals surface area contributed by atoms with Gasteiger partial charge in [-0.1, -0.05) is 0 Å². The summed E-state index contributed by atoms with van der Waals surface area (Å²) in [5.41, 5.74) is -0.200. The van der Waals surface area contributed by atoms with Crippen LogP contribution < -0.4 is 5.32 Å². The average Bonchev–Trinajstić information content (AvgIpc) is 2.04. The van der Waals surface area contributed by atoms with Crippen molar-refractivity contribution in [2.75, 3.05) is 5.32 Å².